The van der Waals surface area contributed by atoms with Gasteiger partial charge in [-0.15, -0.1) is 11.3 Å². The lowest BCUT2D eigenvalue weighted by atomic mass is 9.85. The number of anilines is 1. The number of aryl methyl sites for hydroxylation is 1. The second kappa shape index (κ2) is 8.60. The molecule has 0 saturated carbocycles. The molecule has 0 radical (unpaired) electrons. The Bertz CT molecular complexity index is 918. The van der Waals surface area contributed by atoms with Gasteiger partial charge in [0.2, 0.25) is 17.7 Å². The molecule has 30 heavy (non-hydrogen) atoms. The molecule has 0 aliphatic carbocycles. The number of hydrogen-bond donors (Lipinski definition) is 1. The Morgan fingerprint density at radius 2 is 1.77 bits per heavy atom. The van der Waals surface area contributed by atoms with Crippen LogP contribution in [0.25, 0.3) is 0 Å². The summed E-state index contributed by atoms with van der Waals surface area (Å²) in [5.41, 5.74) is 7.39. The highest BCUT2D eigenvalue weighted by Crippen LogP contribution is 2.42. The third-order valence-electron chi connectivity index (χ3n) is 6.27. The van der Waals surface area contributed by atoms with Crippen molar-refractivity contribution >= 4 is 34.7 Å². The van der Waals surface area contributed by atoms with E-state index in [0.717, 1.165) is 16.1 Å². The summed E-state index contributed by atoms with van der Waals surface area (Å²) in [4.78, 5) is 42.7. The van der Waals surface area contributed by atoms with E-state index >= 15 is 0 Å². The van der Waals surface area contributed by atoms with Gasteiger partial charge in [-0.05, 0) is 49.8 Å². The predicted molar refractivity (Wildman–Crippen MR) is 117 cm³/mol. The van der Waals surface area contributed by atoms with Gasteiger partial charge in [-0.2, -0.15) is 0 Å². The van der Waals surface area contributed by atoms with E-state index in [1.165, 1.54) is 0 Å². The molecule has 4 rings (SSSR count). The van der Waals surface area contributed by atoms with Gasteiger partial charge in [0.15, 0.2) is 0 Å². The van der Waals surface area contributed by atoms with E-state index in [2.05, 4.69) is 0 Å². The molecule has 158 valence electrons. The van der Waals surface area contributed by atoms with Crippen LogP contribution >= 0.6 is 11.3 Å². The fraction of sp³-hybridized carbons (Fsp3) is 0.435. The first-order valence-corrected chi connectivity index (χ1v) is 11.3. The first kappa shape index (κ1) is 20.6. The molecule has 2 saturated heterocycles. The molecule has 7 heteroatoms. The summed E-state index contributed by atoms with van der Waals surface area (Å²) in [6.45, 7) is 3.09. The Labute approximate surface area is 180 Å². The van der Waals surface area contributed by atoms with E-state index < -0.39 is 0 Å². The second-order valence-corrected chi connectivity index (χ2v) is 9.19. The first-order chi connectivity index (χ1) is 14.5. The third-order valence-corrected chi connectivity index (χ3v) is 7.21. The zero-order valence-electron chi connectivity index (χ0n) is 17.1. The number of benzene rings is 1. The molecular formula is C23H27N3O3S. The predicted octanol–water partition coefficient (Wildman–Crippen LogP) is 3.26. The number of hydrogen-bond acceptors (Lipinski definition) is 4. The van der Waals surface area contributed by atoms with Crippen LogP contribution in [0.3, 0.4) is 0 Å². The maximum Gasteiger partial charge on any atom is 0.228 e. The number of primary amides is 1. The summed E-state index contributed by atoms with van der Waals surface area (Å²) in [6, 6.07) is 11.6. The van der Waals surface area contributed by atoms with Gasteiger partial charge < -0.3 is 15.5 Å². The highest BCUT2D eigenvalue weighted by Gasteiger charge is 2.44. The molecule has 2 atom stereocenters. The zero-order chi connectivity index (χ0) is 21.3. The van der Waals surface area contributed by atoms with Crippen LogP contribution < -0.4 is 10.6 Å². The van der Waals surface area contributed by atoms with E-state index in [9.17, 15) is 14.4 Å². The molecule has 2 fully saturated rings. The second-order valence-electron chi connectivity index (χ2n) is 8.21. The van der Waals surface area contributed by atoms with Crippen LogP contribution in [0.4, 0.5) is 5.69 Å². The van der Waals surface area contributed by atoms with Crippen molar-refractivity contribution in [2.24, 2.45) is 17.6 Å². The molecule has 2 unspecified atom stereocenters. The summed E-state index contributed by atoms with van der Waals surface area (Å²) in [5, 5.41) is 1.99. The number of piperidine rings is 2. The Kier molecular flexibility index (Phi) is 5.90. The number of thiophene rings is 1. The molecule has 0 bridgehead atoms. The van der Waals surface area contributed by atoms with Crippen molar-refractivity contribution in [3.8, 4) is 0 Å². The van der Waals surface area contributed by atoms with Crippen LogP contribution in [0.15, 0.2) is 41.8 Å². The number of carbonyl (C=O) groups is 3. The summed E-state index contributed by atoms with van der Waals surface area (Å²) in [5.74, 6) is -0.617. The molecule has 1 aromatic heterocycles. The third kappa shape index (κ3) is 3.99. The average molecular weight is 426 g/mol. The number of rotatable bonds is 4. The highest BCUT2D eigenvalue weighted by molar-refractivity contribution is 7.10. The van der Waals surface area contributed by atoms with Crippen LogP contribution in [-0.4, -0.2) is 35.7 Å². The summed E-state index contributed by atoms with van der Waals surface area (Å²) in [6.07, 6.45) is 2.11. The minimum Gasteiger partial charge on any atom is -0.369 e. The van der Waals surface area contributed by atoms with Crippen LogP contribution in [0.5, 0.6) is 0 Å². The lowest BCUT2D eigenvalue weighted by Gasteiger charge is -2.42. The fourth-order valence-electron chi connectivity index (χ4n) is 4.56. The number of carbonyl (C=O) groups excluding carboxylic acids is 3. The van der Waals surface area contributed by atoms with Crippen LogP contribution in [-0.2, 0) is 14.4 Å². The first-order valence-electron chi connectivity index (χ1n) is 10.5. The van der Waals surface area contributed by atoms with Gasteiger partial charge in [0, 0.05) is 36.0 Å². The van der Waals surface area contributed by atoms with Gasteiger partial charge in [0.25, 0.3) is 0 Å². The maximum atomic E-state index is 13.5. The van der Waals surface area contributed by atoms with E-state index in [0.29, 0.717) is 38.8 Å². The van der Waals surface area contributed by atoms with Gasteiger partial charge in [0.1, 0.15) is 0 Å². The van der Waals surface area contributed by atoms with Gasteiger partial charge in [0.05, 0.1) is 12.0 Å². The van der Waals surface area contributed by atoms with E-state index in [1.54, 1.807) is 11.3 Å². The van der Waals surface area contributed by atoms with Crippen LogP contribution in [0, 0.1) is 18.8 Å². The number of likely N-dealkylation sites (tertiary alicyclic amines) is 1. The molecular weight excluding hydrogens is 398 g/mol. The minimum absolute atomic E-state index is 0.0498. The molecule has 2 N–H and O–H groups in total. The van der Waals surface area contributed by atoms with Crippen molar-refractivity contribution in [1.29, 1.82) is 0 Å². The van der Waals surface area contributed by atoms with Crippen LogP contribution in [0.1, 0.15) is 42.2 Å². The van der Waals surface area contributed by atoms with Gasteiger partial charge in [-0.1, -0.05) is 23.8 Å². The number of amides is 3. The van der Waals surface area contributed by atoms with Crippen molar-refractivity contribution in [2.75, 3.05) is 18.0 Å². The van der Waals surface area contributed by atoms with Crippen molar-refractivity contribution < 1.29 is 14.4 Å². The van der Waals surface area contributed by atoms with Crippen molar-refractivity contribution in [2.45, 2.75) is 38.6 Å². The van der Waals surface area contributed by atoms with E-state index in [4.69, 9.17) is 5.73 Å². The van der Waals surface area contributed by atoms with E-state index in [-0.39, 0.29) is 35.6 Å². The molecule has 2 aliphatic heterocycles. The fourth-order valence-corrected chi connectivity index (χ4v) is 5.45. The summed E-state index contributed by atoms with van der Waals surface area (Å²) >= 11 is 1.58. The average Bonchev–Trinajstić information content (AvgIpc) is 3.28. The van der Waals surface area contributed by atoms with Crippen LogP contribution in [0.2, 0.25) is 0 Å². The monoisotopic (exact) mass is 425 g/mol. The lowest BCUT2D eigenvalue weighted by Crippen LogP contribution is -2.51. The maximum absolute atomic E-state index is 13.5. The Morgan fingerprint density at radius 1 is 1.07 bits per heavy atom. The minimum atomic E-state index is -0.310. The van der Waals surface area contributed by atoms with Gasteiger partial charge in [-0.25, -0.2) is 0 Å². The van der Waals surface area contributed by atoms with Crippen molar-refractivity contribution in [1.82, 2.24) is 4.90 Å². The molecule has 1 aromatic carbocycles. The molecule has 2 aliphatic rings. The molecule has 3 heterocycles. The van der Waals surface area contributed by atoms with Crippen molar-refractivity contribution in [3.05, 3.63) is 52.2 Å². The molecule has 6 nitrogen and oxygen atoms in total. The molecule has 0 spiro atoms. The quantitative estimate of drug-likeness (QED) is 0.816. The Hall–Kier alpha value is -2.67. The van der Waals surface area contributed by atoms with Gasteiger partial charge in [-0.3, -0.25) is 14.4 Å². The lowest BCUT2D eigenvalue weighted by molar-refractivity contribution is -0.141. The topological polar surface area (TPSA) is 83.7 Å². The number of nitrogens with two attached hydrogens (primary N) is 1. The normalized spacial score (nSPS) is 22.9. The van der Waals surface area contributed by atoms with Crippen molar-refractivity contribution in [3.63, 3.8) is 0 Å². The van der Waals surface area contributed by atoms with E-state index in [1.807, 2.05) is 58.5 Å². The largest absolute Gasteiger partial charge is 0.369 e. The summed E-state index contributed by atoms with van der Waals surface area (Å²) in [7, 11) is 0. The zero-order valence-corrected chi connectivity index (χ0v) is 17.9. The highest BCUT2D eigenvalue weighted by atomic mass is 32.1. The Morgan fingerprint density at radius 3 is 2.37 bits per heavy atom. The standard InChI is InChI=1S/C23H27N3O3S/c1-15-4-6-17(7-5-15)26-20(27)9-8-18(21(26)19-3-2-14-30-19)23(29)25-12-10-16(11-13-25)22(24)28/h2-7,14,16,18,21H,8-13H2,1H3,(H2,24,28). The smallest absolute Gasteiger partial charge is 0.228 e. The Balaban J connectivity index is 1.63. The molecule has 3 amide bonds. The number of nitrogens with zero attached hydrogens (tertiary/aromatic N) is 2. The molecule has 2 aromatic rings. The van der Waals surface area contributed by atoms with Gasteiger partial charge >= 0.3 is 0 Å². The summed E-state index contributed by atoms with van der Waals surface area (Å²) < 4.78 is 0. The SMILES string of the molecule is Cc1ccc(N2C(=O)CCC(C(=O)N3CCC(C(N)=O)CC3)C2c2cccs2)cc1.